The zero-order chi connectivity index (χ0) is 14.5. The van der Waals surface area contributed by atoms with Crippen molar-refractivity contribution in [2.75, 3.05) is 24.3 Å². The molecule has 5 heteroatoms. The van der Waals surface area contributed by atoms with Crippen LogP contribution in [0.5, 0.6) is 0 Å². The first kappa shape index (κ1) is 13.9. The smallest absolute Gasteiger partial charge is 0.337 e. The van der Waals surface area contributed by atoms with Gasteiger partial charge in [0.1, 0.15) is 0 Å². The van der Waals surface area contributed by atoms with Crippen LogP contribution >= 0.6 is 0 Å². The quantitative estimate of drug-likeness (QED) is 0.874. The Balaban J connectivity index is 1.96. The highest BCUT2D eigenvalue weighted by molar-refractivity contribution is 5.87. The lowest BCUT2D eigenvalue weighted by Gasteiger charge is -2.13. The summed E-state index contributed by atoms with van der Waals surface area (Å²) in [6.07, 6.45) is 1.37. The minimum Gasteiger partial charge on any atom is -0.478 e. The molecule has 1 heterocycles. The fourth-order valence-corrected chi connectivity index (χ4v) is 1.73. The largest absolute Gasteiger partial charge is 0.478 e. The van der Waals surface area contributed by atoms with Gasteiger partial charge in [0.25, 0.3) is 0 Å². The number of aromatic nitrogens is 1. The highest BCUT2D eigenvalue weighted by Gasteiger charge is 2.03. The van der Waals surface area contributed by atoms with Crippen LogP contribution < -0.4 is 10.2 Å². The number of aromatic carboxylic acids is 1. The molecule has 1 aromatic carbocycles. The van der Waals surface area contributed by atoms with E-state index in [9.17, 15) is 4.79 Å². The SMILES string of the molecule is CN(C)c1ccc(NCc2ccc(C(=O)O)cn2)cc1. The molecule has 1 aromatic heterocycles. The number of nitrogens with zero attached hydrogens (tertiary/aromatic N) is 2. The predicted molar refractivity (Wildman–Crippen MR) is 79.3 cm³/mol. The van der Waals surface area contributed by atoms with E-state index < -0.39 is 5.97 Å². The number of pyridine rings is 1. The van der Waals surface area contributed by atoms with Gasteiger partial charge in [0, 0.05) is 31.7 Å². The molecule has 5 nitrogen and oxygen atoms in total. The van der Waals surface area contributed by atoms with Gasteiger partial charge in [-0.3, -0.25) is 4.98 Å². The van der Waals surface area contributed by atoms with Gasteiger partial charge >= 0.3 is 5.97 Å². The summed E-state index contributed by atoms with van der Waals surface area (Å²) in [5, 5.41) is 12.0. The maximum Gasteiger partial charge on any atom is 0.337 e. The van der Waals surface area contributed by atoms with Crippen molar-refractivity contribution in [3.63, 3.8) is 0 Å². The molecule has 2 aromatic rings. The van der Waals surface area contributed by atoms with Crippen molar-refractivity contribution in [3.8, 4) is 0 Å². The standard InChI is InChI=1S/C15H17N3O2/c1-18(2)14-7-5-12(6-8-14)17-10-13-4-3-11(9-16-13)15(19)20/h3-9,17H,10H2,1-2H3,(H,19,20). The van der Waals surface area contributed by atoms with Crippen molar-refractivity contribution < 1.29 is 9.90 Å². The fraction of sp³-hybridized carbons (Fsp3) is 0.200. The van der Waals surface area contributed by atoms with Crippen LogP contribution in [0.3, 0.4) is 0 Å². The summed E-state index contributed by atoms with van der Waals surface area (Å²) in [7, 11) is 3.99. The van der Waals surface area contributed by atoms with Crippen LogP contribution in [-0.2, 0) is 6.54 Å². The van der Waals surface area contributed by atoms with Gasteiger partial charge in [-0.15, -0.1) is 0 Å². The first-order valence-corrected chi connectivity index (χ1v) is 6.26. The van der Waals surface area contributed by atoms with E-state index in [1.54, 1.807) is 12.1 Å². The van der Waals surface area contributed by atoms with Crippen LogP contribution in [0.4, 0.5) is 11.4 Å². The molecule has 104 valence electrons. The van der Waals surface area contributed by atoms with Gasteiger partial charge in [-0.25, -0.2) is 4.79 Å². The zero-order valence-electron chi connectivity index (χ0n) is 11.5. The average molecular weight is 271 g/mol. The van der Waals surface area contributed by atoms with E-state index in [-0.39, 0.29) is 5.56 Å². The number of carbonyl (C=O) groups is 1. The Kier molecular flexibility index (Phi) is 4.20. The summed E-state index contributed by atoms with van der Waals surface area (Å²) in [6.45, 7) is 0.557. The van der Waals surface area contributed by atoms with Crippen LogP contribution in [0, 0.1) is 0 Å². The third-order valence-corrected chi connectivity index (χ3v) is 2.93. The number of hydrogen-bond donors (Lipinski definition) is 2. The van der Waals surface area contributed by atoms with Crippen LogP contribution in [0.15, 0.2) is 42.6 Å². The lowest BCUT2D eigenvalue weighted by Crippen LogP contribution is -2.08. The molecule has 0 aliphatic rings. The average Bonchev–Trinajstić information content (AvgIpc) is 2.46. The topological polar surface area (TPSA) is 65.5 Å². The minimum atomic E-state index is -0.962. The Hall–Kier alpha value is -2.56. The molecule has 0 saturated carbocycles. The van der Waals surface area contributed by atoms with Gasteiger partial charge < -0.3 is 15.3 Å². The second-order valence-corrected chi connectivity index (χ2v) is 4.64. The molecule has 0 atom stereocenters. The normalized spacial score (nSPS) is 10.1. The van der Waals surface area contributed by atoms with E-state index in [0.29, 0.717) is 6.54 Å². The molecule has 2 rings (SSSR count). The van der Waals surface area contributed by atoms with Gasteiger partial charge in [0.15, 0.2) is 0 Å². The van der Waals surface area contributed by atoms with Crippen molar-refractivity contribution in [1.82, 2.24) is 4.98 Å². The Labute approximate surface area is 117 Å². The maximum atomic E-state index is 10.7. The fourth-order valence-electron chi connectivity index (χ4n) is 1.73. The third-order valence-electron chi connectivity index (χ3n) is 2.93. The Bertz CT molecular complexity index is 577. The first-order valence-electron chi connectivity index (χ1n) is 6.26. The van der Waals surface area contributed by atoms with E-state index in [1.165, 1.54) is 6.20 Å². The molecule has 0 fully saturated rings. The monoisotopic (exact) mass is 271 g/mol. The highest BCUT2D eigenvalue weighted by atomic mass is 16.4. The molecule has 0 aliphatic heterocycles. The molecular formula is C15H17N3O2. The van der Waals surface area contributed by atoms with E-state index in [2.05, 4.69) is 10.3 Å². The lowest BCUT2D eigenvalue weighted by atomic mass is 10.2. The number of anilines is 2. The molecule has 0 radical (unpaired) electrons. The van der Waals surface area contributed by atoms with Crippen LogP contribution in [0.25, 0.3) is 0 Å². The number of rotatable bonds is 5. The number of carboxylic acid groups (broad SMARTS) is 1. The van der Waals surface area contributed by atoms with E-state index in [0.717, 1.165) is 17.1 Å². The highest BCUT2D eigenvalue weighted by Crippen LogP contribution is 2.16. The first-order chi connectivity index (χ1) is 9.56. The third kappa shape index (κ3) is 3.47. The molecular weight excluding hydrogens is 254 g/mol. The molecule has 20 heavy (non-hydrogen) atoms. The summed E-state index contributed by atoms with van der Waals surface area (Å²) in [6, 6.07) is 11.3. The zero-order valence-corrected chi connectivity index (χ0v) is 11.5. The predicted octanol–water partition coefficient (Wildman–Crippen LogP) is 2.46. The van der Waals surface area contributed by atoms with Gasteiger partial charge in [-0.1, -0.05) is 0 Å². The lowest BCUT2D eigenvalue weighted by molar-refractivity contribution is 0.0696. The van der Waals surface area contributed by atoms with Crippen molar-refractivity contribution in [1.29, 1.82) is 0 Å². The Morgan fingerprint density at radius 1 is 1.20 bits per heavy atom. The van der Waals surface area contributed by atoms with E-state index in [4.69, 9.17) is 5.11 Å². The summed E-state index contributed by atoms with van der Waals surface area (Å²) in [4.78, 5) is 16.9. The van der Waals surface area contributed by atoms with Gasteiger partial charge in [0.2, 0.25) is 0 Å². The Morgan fingerprint density at radius 3 is 2.40 bits per heavy atom. The molecule has 2 N–H and O–H groups in total. The van der Waals surface area contributed by atoms with Gasteiger partial charge in [-0.05, 0) is 36.4 Å². The van der Waals surface area contributed by atoms with E-state index >= 15 is 0 Å². The molecule has 0 amide bonds. The molecule has 0 aliphatic carbocycles. The van der Waals surface area contributed by atoms with Crippen LogP contribution in [-0.4, -0.2) is 30.2 Å². The van der Waals surface area contributed by atoms with E-state index in [1.807, 2.05) is 43.3 Å². The van der Waals surface area contributed by atoms with Crippen molar-refractivity contribution in [2.45, 2.75) is 6.54 Å². The van der Waals surface area contributed by atoms with Crippen LogP contribution in [0.2, 0.25) is 0 Å². The maximum absolute atomic E-state index is 10.7. The molecule has 0 spiro atoms. The molecule has 0 unspecified atom stereocenters. The van der Waals surface area contributed by atoms with Crippen molar-refractivity contribution in [2.24, 2.45) is 0 Å². The van der Waals surface area contributed by atoms with Gasteiger partial charge in [0.05, 0.1) is 17.8 Å². The summed E-state index contributed by atoms with van der Waals surface area (Å²) in [5.41, 5.74) is 3.13. The van der Waals surface area contributed by atoms with Crippen molar-refractivity contribution >= 4 is 17.3 Å². The van der Waals surface area contributed by atoms with Crippen LogP contribution in [0.1, 0.15) is 16.1 Å². The number of nitrogens with one attached hydrogen (secondary N) is 1. The summed E-state index contributed by atoms with van der Waals surface area (Å²) < 4.78 is 0. The number of benzene rings is 1. The second kappa shape index (κ2) is 6.06. The van der Waals surface area contributed by atoms with Gasteiger partial charge in [-0.2, -0.15) is 0 Å². The molecule has 0 bridgehead atoms. The van der Waals surface area contributed by atoms with Crippen molar-refractivity contribution in [3.05, 3.63) is 53.9 Å². The number of hydrogen-bond acceptors (Lipinski definition) is 4. The summed E-state index contributed by atoms with van der Waals surface area (Å²) >= 11 is 0. The molecule has 0 saturated heterocycles. The Morgan fingerprint density at radius 2 is 1.90 bits per heavy atom. The minimum absolute atomic E-state index is 0.198. The number of carboxylic acids is 1. The summed E-state index contributed by atoms with van der Waals surface area (Å²) in [5.74, 6) is -0.962. The second-order valence-electron chi connectivity index (χ2n) is 4.64.